The molecule has 2 saturated heterocycles. The highest BCUT2D eigenvalue weighted by Gasteiger charge is 2.43. The van der Waals surface area contributed by atoms with Gasteiger partial charge in [0.15, 0.2) is 0 Å². The standard InChI is InChI=1S/C31H46N4O4/c1-7-8-27(36)34-17-15-25(16-18-34)24-13-11-23(12-14-24)19-26(20-32)33-29(37)28-21(2)9-10-22(3)35(28)30(38)39-31(4,5)6/h11-14,21-22,25-26,28H,7-10,15-19H2,1-6H3,(H,33,37)/t21-,22+,26+,28+/m1/s1. The fourth-order valence-electron chi connectivity index (χ4n) is 5.72. The van der Waals surface area contributed by atoms with Crippen LogP contribution in [0, 0.1) is 17.2 Å². The SMILES string of the molecule is CCCC(=O)N1CCC(c2ccc(C[C@@H](C#N)NC(=O)[C@@H]3[C@H](C)CC[C@H](C)N3C(=O)OC(C)(C)C)cc2)CC1. The summed E-state index contributed by atoms with van der Waals surface area (Å²) in [4.78, 5) is 42.2. The molecule has 1 N–H and O–H groups in total. The van der Waals surface area contributed by atoms with E-state index in [4.69, 9.17) is 4.74 Å². The van der Waals surface area contributed by atoms with Crippen molar-refractivity contribution in [1.82, 2.24) is 15.1 Å². The molecule has 2 aliphatic rings. The second-order valence-electron chi connectivity index (χ2n) is 12.3. The first kappa shape index (κ1) is 30.5. The Morgan fingerprint density at radius 2 is 1.72 bits per heavy atom. The first-order valence-corrected chi connectivity index (χ1v) is 14.5. The van der Waals surface area contributed by atoms with Gasteiger partial charge in [0, 0.05) is 32.0 Å². The van der Waals surface area contributed by atoms with E-state index in [1.54, 1.807) is 4.90 Å². The number of rotatable bonds is 7. The van der Waals surface area contributed by atoms with Gasteiger partial charge in [-0.25, -0.2) is 4.79 Å². The Morgan fingerprint density at radius 3 is 2.28 bits per heavy atom. The number of piperidine rings is 2. The number of amides is 3. The number of hydrogen-bond donors (Lipinski definition) is 1. The summed E-state index contributed by atoms with van der Waals surface area (Å²) in [7, 11) is 0. The Hall–Kier alpha value is -3.08. The third-order valence-corrected chi connectivity index (χ3v) is 7.90. The molecule has 0 unspecified atom stereocenters. The molecular formula is C31H46N4O4. The minimum absolute atomic E-state index is 0.0453. The second-order valence-corrected chi connectivity index (χ2v) is 12.3. The molecule has 0 aliphatic carbocycles. The van der Waals surface area contributed by atoms with Crippen LogP contribution in [-0.2, 0) is 20.7 Å². The van der Waals surface area contributed by atoms with E-state index in [1.807, 2.05) is 58.6 Å². The molecule has 8 heteroatoms. The maximum absolute atomic E-state index is 13.4. The van der Waals surface area contributed by atoms with Crippen LogP contribution in [0.5, 0.6) is 0 Å². The Morgan fingerprint density at radius 1 is 1.08 bits per heavy atom. The molecule has 0 saturated carbocycles. The topological polar surface area (TPSA) is 103 Å². The number of ether oxygens (including phenoxy) is 1. The summed E-state index contributed by atoms with van der Waals surface area (Å²) in [5.41, 5.74) is 1.55. The summed E-state index contributed by atoms with van der Waals surface area (Å²) in [6, 6.07) is 8.97. The minimum atomic E-state index is -0.707. The molecule has 3 amide bonds. The largest absolute Gasteiger partial charge is 0.444 e. The molecule has 1 aromatic carbocycles. The highest BCUT2D eigenvalue weighted by atomic mass is 16.6. The predicted molar refractivity (Wildman–Crippen MR) is 151 cm³/mol. The van der Waals surface area contributed by atoms with Gasteiger partial charge in [-0.3, -0.25) is 14.5 Å². The van der Waals surface area contributed by atoms with Gasteiger partial charge in [0.25, 0.3) is 0 Å². The first-order chi connectivity index (χ1) is 18.4. The van der Waals surface area contributed by atoms with Crippen molar-refractivity contribution in [3.63, 3.8) is 0 Å². The summed E-state index contributed by atoms with van der Waals surface area (Å²) in [6.07, 6.45) is 4.92. The van der Waals surface area contributed by atoms with Crippen LogP contribution in [0.1, 0.15) is 97.1 Å². The number of carbonyl (C=O) groups excluding carboxylic acids is 3. The first-order valence-electron chi connectivity index (χ1n) is 14.5. The molecule has 2 fully saturated rings. The lowest BCUT2D eigenvalue weighted by atomic mass is 9.86. The Balaban J connectivity index is 1.61. The van der Waals surface area contributed by atoms with E-state index < -0.39 is 23.8 Å². The lowest BCUT2D eigenvalue weighted by Gasteiger charge is -2.43. The molecule has 1 aromatic rings. The lowest BCUT2D eigenvalue weighted by molar-refractivity contribution is -0.132. The van der Waals surface area contributed by atoms with E-state index in [2.05, 4.69) is 23.5 Å². The van der Waals surface area contributed by atoms with E-state index >= 15 is 0 Å². The van der Waals surface area contributed by atoms with Gasteiger partial charge in [0.1, 0.15) is 17.7 Å². The van der Waals surface area contributed by atoms with Gasteiger partial charge in [0.05, 0.1) is 6.07 Å². The van der Waals surface area contributed by atoms with E-state index in [9.17, 15) is 19.6 Å². The Kier molecular flexibility index (Phi) is 10.4. The van der Waals surface area contributed by atoms with Crippen molar-refractivity contribution < 1.29 is 19.1 Å². The molecule has 214 valence electrons. The van der Waals surface area contributed by atoms with Crippen molar-refractivity contribution in [3.05, 3.63) is 35.4 Å². The van der Waals surface area contributed by atoms with Crippen LogP contribution in [0.15, 0.2) is 24.3 Å². The van der Waals surface area contributed by atoms with E-state index in [-0.39, 0.29) is 23.8 Å². The summed E-state index contributed by atoms with van der Waals surface area (Å²) in [6.45, 7) is 13.0. The Labute approximate surface area is 234 Å². The van der Waals surface area contributed by atoms with Gasteiger partial charge in [-0.05, 0) is 82.8 Å². The number of benzene rings is 1. The third-order valence-electron chi connectivity index (χ3n) is 7.90. The van der Waals surface area contributed by atoms with Gasteiger partial charge in [0.2, 0.25) is 11.8 Å². The number of nitrogens with one attached hydrogen (secondary N) is 1. The fraction of sp³-hybridized carbons (Fsp3) is 0.677. The highest BCUT2D eigenvalue weighted by Crippen LogP contribution is 2.31. The van der Waals surface area contributed by atoms with Crippen LogP contribution >= 0.6 is 0 Å². The van der Waals surface area contributed by atoms with Gasteiger partial charge >= 0.3 is 6.09 Å². The average molecular weight is 539 g/mol. The van der Waals surface area contributed by atoms with E-state index in [0.717, 1.165) is 50.8 Å². The maximum atomic E-state index is 13.4. The quantitative estimate of drug-likeness (QED) is 0.516. The number of carbonyl (C=O) groups is 3. The Bertz CT molecular complexity index is 1030. The van der Waals surface area contributed by atoms with Crippen LogP contribution in [0.25, 0.3) is 0 Å². The van der Waals surface area contributed by atoms with E-state index in [0.29, 0.717) is 18.8 Å². The molecule has 2 aliphatic heterocycles. The van der Waals surface area contributed by atoms with E-state index in [1.165, 1.54) is 5.56 Å². The van der Waals surface area contributed by atoms with Crippen LogP contribution in [0.4, 0.5) is 4.79 Å². The van der Waals surface area contributed by atoms with Crippen LogP contribution in [0.2, 0.25) is 0 Å². The predicted octanol–water partition coefficient (Wildman–Crippen LogP) is 5.17. The normalized spacial score (nSPS) is 23.1. The van der Waals surface area contributed by atoms with Gasteiger partial charge in [-0.15, -0.1) is 0 Å². The number of hydrogen-bond acceptors (Lipinski definition) is 5. The van der Waals surface area contributed by atoms with Gasteiger partial charge in [-0.1, -0.05) is 38.1 Å². The fourth-order valence-corrected chi connectivity index (χ4v) is 5.72. The number of likely N-dealkylation sites (tertiary alicyclic amines) is 2. The van der Waals surface area contributed by atoms with Crippen LogP contribution in [-0.4, -0.2) is 64.5 Å². The van der Waals surface area contributed by atoms with Crippen molar-refractivity contribution in [2.45, 2.75) is 116 Å². The zero-order valence-corrected chi connectivity index (χ0v) is 24.5. The summed E-state index contributed by atoms with van der Waals surface area (Å²) < 4.78 is 5.62. The van der Waals surface area contributed by atoms with Crippen molar-refractivity contribution in [2.24, 2.45) is 5.92 Å². The molecule has 0 aromatic heterocycles. The van der Waals surface area contributed by atoms with Gasteiger partial charge < -0.3 is 15.0 Å². The second kappa shape index (κ2) is 13.3. The number of nitrogens with zero attached hydrogens (tertiary/aromatic N) is 3. The number of nitriles is 1. The third kappa shape index (κ3) is 8.20. The van der Waals surface area contributed by atoms with Crippen LogP contribution < -0.4 is 5.32 Å². The lowest BCUT2D eigenvalue weighted by Crippen LogP contribution is -2.60. The smallest absolute Gasteiger partial charge is 0.411 e. The van der Waals surface area contributed by atoms with Gasteiger partial charge in [-0.2, -0.15) is 5.26 Å². The van der Waals surface area contributed by atoms with Crippen LogP contribution in [0.3, 0.4) is 0 Å². The zero-order valence-electron chi connectivity index (χ0n) is 24.5. The maximum Gasteiger partial charge on any atom is 0.411 e. The zero-order chi connectivity index (χ0) is 28.7. The highest BCUT2D eigenvalue weighted by molar-refractivity contribution is 5.87. The summed E-state index contributed by atoms with van der Waals surface area (Å²) in [5.74, 6) is 0.315. The molecule has 3 rings (SSSR count). The summed E-state index contributed by atoms with van der Waals surface area (Å²) >= 11 is 0. The average Bonchev–Trinajstić information content (AvgIpc) is 2.89. The molecule has 0 bridgehead atoms. The van der Waals surface area contributed by atoms with Crippen molar-refractivity contribution in [1.29, 1.82) is 5.26 Å². The molecule has 0 spiro atoms. The molecule has 2 heterocycles. The molecule has 4 atom stereocenters. The van der Waals surface area contributed by atoms with Crippen molar-refractivity contribution in [3.8, 4) is 6.07 Å². The monoisotopic (exact) mass is 538 g/mol. The van der Waals surface area contributed by atoms with Crippen molar-refractivity contribution in [2.75, 3.05) is 13.1 Å². The summed E-state index contributed by atoms with van der Waals surface area (Å²) in [5, 5.41) is 12.7. The molecule has 8 nitrogen and oxygen atoms in total. The molecule has 0 radical (unpaired) electrons. The molecular weight excluding hydrogens is 492 g/mol. The van der Waals surface area contributed by atoms with Crippen molar-refractivity contribution >= 4 is 17.9 Å². The minimum Gasteiger partial charge on any atom is -0.444 e. The molecule has 39 heavy (non-hydrogen) atoms.